The first-order chi connectivity index (χ1) is 8.97. The molecule has 0 amide bonds. The van der Waals surface area contributed by atoms with Crippen molar-refractivity contribution in [3.8, 4) is 5.75 Å². The maximum absolute atomic E-state index is 12.2. The molecular formula is C13H15ClF2N2O. The van der Waals surface area contributed by atoms with Crippen LogP contribution in [0.25, 0.3) is 0 Å². The highest BCUT2D eigenvalue weighted by atomic mass is 35.5. The van der Waals surface area contributed by atoms with Crippen LogP contribution in [0.4, 0.5) is 14.5 Å². The van der Waals surface area contributed by atoms with Crippen LogP contribution in [0.3, 0.4) is 0 Å². The van der Waals surface area contributed by atoms with E-state index in [1.54, 1.807) is 18.2 Å². The third-order valence-electron chi connectivity index (χ3n) is 2.85. The highest BCUT2D eigenvalue weighted by Gasteiger charge is 2.22. The van der Waals surface area contributed by atoms with Crippen LogP contribution in [-0.2, 0) is 0 Å². The van der Waals surface area contributed by atoms with Crippen molar-refractivity contribution in [3.63, 3.8) is 0 Å². The van der Waals surface area contributed by atoms with Gasteiger partial charge in [0.1, 0.15) is 10.9 Å². The Morgan fingerprint density at radius 1 is 1.32 bits per heavy atom. The largest absolute Gasteiger partial charge is 0.435 e. The molecule has 0 aliphatic carbocycles. The molecule has 0 spiro atoms. The molecule has 0 fully saturated rings. The zero-order chi connectivity index (χ0) is 14.0. The van der Waals surface area contributed by atoms with Gasteiger partial charge in [-0.3, -0.25) is 0 Å². The molecule has 0 N–H and O–H groups in total. The Kier molecular flexibility index (Phi) is 4.14. The molecule has 0 saturated carbocycles. The second-order valence-corrected chi connectivity index (χ2v) is 4.89. The van der Waals surface area contributed by atoms with Gasteiger partial charge in [0, 0.05) is 24.0 Å². The van der Waals surface area contributed by atoms with E-state index in [-0.39, 0.29) is 5.75 Å². The van der Waals surface area contributed by atoms with E-state index in [2.05, 4.69) is 23.5 Å². The van der Waals surface area contributed by atoms with Crippen molar-refractivity contribution in [3.05, 3.63) is 35.6 Å². The summed E-state index contributed by atoms with van der Waals surface area (Å²) in [5, 5.41) is 0.558. The van der Waals surface area contributed by atoms with Gasteiger partial charge in [-0.25, -0.2) is 0 Å². The van der Waals surface area contributed by atoms with Crippen molar-refractivity contribution >= 4 is 17.3 Å². The summed E-state index contributed by atoms with van der Waals surface area (Å²) in [6, 6.07) is 6.82. The molecule has 3 nitrogen and oxygen atoms in total. The number of halogens is 3. The third kappa shape index (κ3) is 3.29. The summed E-state index contributed by atoms with van der Waals surface area (Å²) < 4.78 is 28.8. The summed E-state index contributed by atoms with van der Waals surface area (Å²) in [6.07, 6.45) is 1.84. The van der Waals surface area contributed by atoms with Crippen LogP contribution in [0.2, 0.25) is 0 Å². The van der Waals surface area contributed by atoms with Gasteiger partial charge in [-0.1, -0.05) is 17.7 Å². The van der Waals surface area contributed by atoms with E-state index in [1.165, 1.54) is 6.07 Å². The molecule has 1 aliphatic rings. The Morgan fingerprint density at radius 3 is 2.63 bits per heavy atom. The Labute approximate surface area is 116 Å². The molecular weight excluding hydrogens is 274 g/mol. The lowest BCUT2D eigenvalue weighted by molar-refractivity contribution is -0.0498. The highest BCUT2D eigenvalue weighted by Crippen LogP contribution is 2.30. The molecule has 0 radical (unpaired) electrons. The minimum atomic E-state index is -2.83. The van der Waals surface area contributed by atoms with Crippen molar-refractivity contribution < 1.29 is 13.5 Å². The lowest BCUT2D eigenvalue weighted by Gasteiger charge is -2.25. The fourth-order valence-corrected chi connectivity index (χ4v) is 2.10. The Balaban J connectivity index is 2.17. The first-order valence-corrected chi connectivity index (χ1v) is 6.30. The van der Waals surface area contributed by atoms with Gasteiger partial charge in [0.2, 0.25) is 0 Å². The molecule has 19 heavy (non-hydrogen) atoms. The number of benzene rings is 1. The van der Waals surface area contributed by atoms with Crippen LogP contribution in [0.5, 0.6) is 5.75 Å². The molecule has 1 heterocycles. The lowest BCUT2D eigenvalue weighted by atomic mass is 10.3. The summed E-state index contributed by atoms with van der Waals surface area (Å²) in [7, 11) is 0. The molecule has 0 atom stereocenters. The zero-order valence-electron chi connectivity index (χ0n) is 10.7. The van der Waals surface area contributed by atoms with Crippen LogP contribution in [0.15, 0.2) is 35.6 Å². The van der Waals surface area contributed by atoms with Crippen LogP contribution >= 0.6 is 11.6 Å². The lowest BCUT2D eigenvalue weighted by Crippen LogP contribution is -2.30. The van der Waals surface area contributed by atoms with Gasteiger partial charge in [0.05, 0.1) is 6.67 Å². The van der Waals surface area contributed by atoms with E-state index in [9.17, 15) is 8.78 Å². The van der Waals surface area contributed by atoms with Crippen LogP contribution in [-0.4, -0.2) is 24.2 Å². The predicted octanol–water partition coefficient (Wildman–Crippen LogP) is 3.81. The number of alkyl halides is 2. The van der Waals surface area contributed by atoms with E-state index in [4.69, 9.17) is 11.6 Å². The Morgan fingerprint density at radius 2 is 2.05 bits per heavy atom. The monoisotopic (exact) mass is 288 g/mol. The Hall–Kier alpha value is -1.49. The van der Waals surface area contributed by atoms with Gasteiger partial charge in [-0.15, -0.1) is 0 Å². The Bertz CT molecular complexity index is 479. The fraction of sp³-hybridized carbons (Fsp3) is 0.385. The normalized spacial score (nSPS) is 15.4. The minimum Gasteiger partial charge on any atom is -0.435 e. The van der Waals surface area contributed by atoms with Crippen molar-refractivity contribution in [1.82, 2.24) is 4.90 Å². The quantitative estimate of drug-likeness (QED) is 0.784. The van der Waals surface area contributed by atoms with Crippen molar-refractivity contribution in [1.29, 1.82) is 0 Å². The minimum absolute atomic E-state index is 0.125. The van der Waals surface area contributed by atoms with E-state index in [1.807, 2.05) is 11.1 Å². The number of ether oxygens (including phenoxy) is 1. The zero-order valence-corrected chi connectivity index (χ0v) is 11.4. The predicted molar refractivity (Wildman–Crippen MR) is 71.3 cm³/mol. The maximum Gasteiger partial charge on any atom is 0.387 e. The molecule has 104 valence electrons. The van der Waals surface area contributed by atoms with Gasteiger partial charge >= 0.3 is 6.61 Å². The third-order valence-corrected chi connectivity index (χ3v) is 3.15. The van der Waals surface area contributed by atoms with Gasteiger partial charge in [-0.2, -0.15) is 8.78 Å². The highest BCUT2D eigenvalue weighted by molar-refractivity contribution is 6.31. The topological polar surface area (TPSA) is 15.7 Å². The van der Waals surface area contributed by atoms with E-state index in [0.717, 1.165) is 5.69 Å². The molecule has 0 saturated heterocycles. The van der Waals surface area contributed by atoms with Crippen LogP contribution < -0.4 is 9.64 Å². The number of nitrogens with zero attached hydrogens (tertiary/aromatic N) is 2. The molecule has 1 aromatic rings. The van der Waals surface area contributed by atoms with Crippen molar-refractivity contribution in [2.24, 2.45) is 0 Å². The second kappa shape index (κ2) is 5.65. The smallest absolute Gasteiger partial charge is 0.387 e. The maximum atomic E-state index is 12.2. The molecule has 1 aromatic carbocycles. The average Bonchev–Trinajstić information content (AvgIpc) is 2.71. The van der Waals surface area contributed by atoms with Crippen LogP contribution in [0, 0.1) is 0 Å². The first kappa shape index (κ1) is 13.9. The molecule has 2 rings (SSSR count). The summed E-state index contributed by atoms with van der Waals surface area (Å²) in [4.78, 5) is 3.89. The van der Waals surface area contributed by atoms with E-state index in [0.29, 0.717) is 17.9 Å². The average molecular weight is 289 g/mol. The summed E-state index contributed by atoms with van der Waals surface area (Å²) in [6.45, 7) is 1.88. The number of hydrogen-bond acceptors (Lipinski definition) is 3. The molecule has 0 aromatic heterocycles. The molecule has 1 aliphatic heterocycles. The SMILES string of the molecule is CC(C)N1C=C(Cl)N(c2cccc(OC(F)F)c2)C1. The summed E-state index contributed by atoms with van der Waals surface area (Å²) in [5.41, 5.74) is 0.725. The molecule has 0 unspecified atom stereocenters. The second-order valence-electron chi connectivity index (χ2n) is 4.51. The van der Waals surface area contributed by atoms with Crippen LogP contribution in [0.1, 0.15) is 13.8 Å². The van der Waals surface area contributed by atoms with Crippen molar-refractivity contribution in [2.75, 3.05) is 11.6 Å². The van der Waals surface area contributed by atoms with Gasteiger partial charge in [0.15, 0.2) is 0 Å². The summed E-state index contributed by atoms with van der Waals surface area (Å²) in [5.74, 6) is 0.125. The van der Waals surface area contributed by atoms with Gasteiger partial charge in [-0.05, 0) is 26.0 Å². The van der Waals surface area contributed by atoms with E-state index < -0.39 is 6.61 Å². The van der Waals surface area contributed by atoms with Crippen molar-refractivity contribution in [2.45, 2.75) is 26.5 Å². The molecule has 0 bridgehead atoms. The fourth-order valence-electron chi connectivity index (χ4n) is 1.82. The number of rotatable bonds is 4. The number of anilines is 1. The molecule has 6 heteroatoms. The van der Waals surface area contributed by atoms with E-state index >= 15 is 0 Å². The number of hydrogen-bond donors (Lipinski definition) is 0. The summed E-state index contributed by atoms with van der Waals surface area (Å²) >= 11 is 6.17. The first-order valence-electron chi connectivity index (χ1n) is 5.93. The van der Waals surface area contributed by atoms with Gasteiger partial charge < -0.3 is 14.5 Å². The van der Waals surface area contributed by atoms with Gasteiger partial charge in [0.25, 0.3) is 0 Å². The standard InChI is InChI=1S/C13H15ClF2N2O/c1-9(2)17-7-12(14)18(8-17)10-4-3-5-11(6-10)19-13(15)16/h3-7,9,13H,8H2,1-2H3.